The molecular weight excluding hydrogens is 446 g/mol. The van der Waals surface area contributed by atoms with Gasteiger partial charge in [0.2, 0.25) is 5.43 Å². The van der Waals surface area contributed by atoms with Gasteiger partial charge in [0.05, 0.1) is 12.1 Å². The number of pyridine rings is 1. The molecule has 11 heteroatoms. The van der Waals surface area contributed by atoms with Crippen molar-refractivity contribution in [2.75, 3.05) is 6.54 Å². The molecule has 7 nitrogen and oxygen atoms in total. The van der Waals surface area contributed by atoms with Crippen molar-refractivity contribution in [3.05, 3.63) is 62.6 Å². The lowest BCUT2D eigenvalue weighted by atomic mass is 10.1. The number of amides is 2. The van der Waals surface area contributed by atoms with Crippen molar-refractivity contribution in [1.29, 1.82) is 0 Å². The second-order valence-electron chi connectivity index (χ2n) is 8.31. The van der Waals surface area contributed by atoms with Crippen LogP contribution in [0.2, 0.25) is 0 Å². The first-order chi connectivity index (χ1) is 15.6. The highest BCUT2D eigenvalue weighted by atomic mass is 19.3. The van der Waals surface area contributed by atoms with Crippen molar-refractivity contribution in [2.24, 2.45) is 0 Å². The number of nitrogens with zero attached hydrogens (tertiary/aromatic N) is 2. The lowest BCUT2D eigenvalue weighted by Crippen LogP contribution is -2.50. The third-order valence-corrected chi connectivity index (χ3v) is 6.16. The first-order valence-corrected chi connectivity index (χ1v) is 10.4. The SMILES string of the molecule is Cc1cc(F)c(CNC(=O)c2cn3c(c(O)c2=O)C(=O)N2C[C@@H]3CCC[C@@H]2C(F)F)c(F)c1. The molecule has 2 bridgehead atoms. The van der Waals surface area contributed by atoms with Gasteiger partial charge in [-0.25, -0.2) is 17.6 Å². The topological polar surface area (TPSA) is 91.6 Å². The predicted molar refractivity (Wildman–Crippen MR) is 108 cm³/mol. The molecule has 1 aromatic carbocycles. The van der Waals surface area contributed by atoms with Crippen molar-refractivity contribution in [3.8, 4) is 5.75 Å². The Morgan fingerprint density at radius 2 is 1.88 bits per heavy atom. The molecule has 2 N–H and O–H groups in total. The third kappa shape index (κ3) is 3.96. The van der Waals surface area contributed by atoms with E-state index < -0.39 is 76.5 Å². The number of alkyl halides is 2. The summed E-state index contributed by atoms with van der Waals surface area (Å²) >= 11 is 0. The smallest absolute Gasteiger partial charge is 0.275 e. The second kappa shape index (κ2) is 8.53. The summed E-state index contributed by atoms with van der Waals surface area (Å²) in [5.74, 6) is -4.67. The molecule has 0 aliphatic carbocycles. The quantitative estimate of drug-likeness (QED) is 0.677. The molecule has 33 heavy (non-hydrogen) atoms. The standard InChI is InChI=1S/C22H21F4N3O4/c1-10-5-14(23)12(15(24)6-10)7-27-21(32)13-9-28-11-3-2-4-16(20(25)26)29(8-11)22(33)17(28)19(31)18(13)30/h5-6,9,11,16,20,31H,2-4,7-8H2,1H3,(H,27,32)/t11-,16+/m0/s1. The average Bonchev–Trinajstić information content (AvgIpc) is 2.94. The van der Waals surface area contributed by atoms with E-state index >= 15 is 0 Å². The molecule has 0 saturated carbocycles. The van der Waals surface area contributed by atoms with Crippen molar-refractivity contribution in [3.63, 3.8) is 0 Å². The van der Waals surface area contributed by atoms with Crippen LogP contribution in [0, 0.1) is 18.6 Å². The Hall–Kier alpha value is -3.37. The largest absolute Gasteiger partial charge is 0.503 e. The van der Waals surface area contributed by atoms with Gasteiger partial charge in [0.25, 0.3) is 18.2 Å². The number of nitrogens with one attached hydrogen (secondary N) is 1. The number of hydrogen-bond donors (Lipinski definition) is 2. The van der Waals surface area contributed by atoms with Crippen LogP contribution >= 0.6 is 0 Å². The maximum absolute atomic E-state index is 14.0. The minimum Gasteiger partial charge on any atom is -0.503 e. The molecule has 0 spiro atoms. The van der Waals surface area contributed by atoms with Gasteiger partial charge in [-0.2, -0.15) is 0 Å². The second-order valence-corrected chi connectivity index (χ2v) is 8.31. The molecule has 0 unspecified atom stereocenters. The fourth-order valence-electron chi connectivity index (χ4n) is 4.47. The summed E-state index contributed by atoms with van der Waals surface area (Å²) < 4.78 is 56.3. The summed E-state index contributed by atoms with van der Waals surface area (Å²) in [6.07, 6.45) is -0.842. The van der Waals surface area contributed by atoms with Gasteiger partial charge in [-0.05, 0) is 43.9 Å². The van der Waals surface area contributed by atoms with E-state index in [4.69, 9.17) is 0 Å². The zero-order valence-electron chi connectivity index (χ0n) is 17.6. The summed E-state index contributed by atoms with van der Waals surface area (Å²) in [5.41, 5.74) is -2.19. The van der Waals surface area contributed by atoms with Crippen LogP contribution in [0.3, 0.4) is 0 Å². The molecular formula is C22H21F4N3O4. The summed E-state index contributed by atoms with van der Waals surface area (Å²) in [4.78, 5) is 39.1. The van der Waals surface area contributed by atoms with Crippen LogP contribution < -0.4 is 10.7 Å². The molecule has 4 rings (SSSR count). The van der Waals surface area contributed by atoms with Gasteiger partial charge in [0, 0.05) is 24.8 Å². The van der Waals surface area contributed by atoms with E-state index in [1.807, 2.05) is 0 Å². The minimum absolute atomic E-state index is 0.0516. The van der Waals surface area contributed by atoms with E-state index in [0.29, 0.717) is 18.4 Å². The normalized spacial score (nSPS) is 19.9. The van der Waals surface area contributed by atoms with Crippen LogP contribution in [0.15, 0.2) is 23.1 Å². The monoisotopic (exact) mass is 467 g/mol. The van der Waals surface area contributed by atoms with Gasteiger partial charge in [0.15, 0.2) is 11.4 Å². The number of fused-ring (bicyclic) bond motifs is 4. The van der Waals surface area contributed by atoms with Crippen LogP contribution in [0.5, 0.6) is 5.75 Å². The number of carbonyl (C=O) groups is 2. The lowest BCUT2D eigenvalue weighted by molar-refractivity contribution is 0.0138. The van der Waals surface area contributed by atoms with E-state index in [0.717, 1.165) is 23.2 Å². The number of benzene rings is 1. The summed E-state index contributed by atoms with van der Waals surface area (Å²) in [7, 11) is 0. The first kappa shape index (κ1) is 22.8. The number of hydrogen-bond acceptors (Lipinski definition) is 4. The lowest BCUT2D eigenvalue weighted by Gasteiger charge is -2.37. The predicted octanol–water partition coefficient (Wildman–Crippen LogP) is 2.89. The molecule has 2 aliphatic rings. The zero-order chi connectivity index (χ0) is 24.0. The Bertz CT molecular complexity index is 1170. The van der Waals surface area contributed by atoms with Gasteiger partial charge in [-0.1, -0.05) is 0 Å². The minimum atomic E-state index is -2.78. The maximum atomic E-state index is 14.0. The maximum Gasteiger partial charge on any atom is 0.275 e. The van der Waals surface area contributed by atoms with Gasteiger partial charge < -0.3 is 19.9 Å². The summed E-state index contributed by atoms with van der Waals surface area (Å²) in [5, 5.41) is 12.7. The Morgan fingerprint density at radius 1 is 1.21 bits per heavy atom. The van der Waals surface area contributed by atoms with Crippen LogP contribution in [0.1, 0.15) is 57.3 Å². The Morgan fingerprint density at radius 3 is 2.52 bits per heavy atom. The number of aryl methyl sites for hydroxylation is 1. The van der Waals surface area contributed by atoms with Crippen LogP contribution in [0.25, 0.3) is 0 Å². The summed E-state index contributed by atoms with van der Waals surface area (Å²) in [6, 6.07) is 0.347. The first-order valence-electron chi connectivity index (χ1n) is 10.4. The average molecular weight is 467 g/mol. The number of aromatic hydroxyl groups is 1. The fourth-order valence-corrected chi connectivity index (χ4v) is 4.47. The van der Waals surface area contributed by atoms with Crippen LogP contribution in [-0.2, 0) is 6.54 Å². The molecule has 1 fully saturated rings. The fraction of sp³-hybridized carbons (Fsp3) is 0.409. The van der Waals surface area contributed by atoms with Crippen molar-refractivity contribution < 1.29 is 32.3 Å². The van der Waals surface area contributed by atoms with Gasteiger partial charge in [-0.3, -0.25) is 14.4 Å². The molecule has 1 saturated heterocycles. The highest BCUT2D eigenvalue weighted by molar-refractivity contribution is 5.99. The number of carbonyl (C=O) groups excluding carboxylic acids is 2. The molecule has 1 aromatic heterocycles. The van der Waals surface area contributed by atoms with E-state index in [9.17, 15) is 37.1 Å². The Labute approximate surface area is 185 Å². The van der Waals surface area contributed by atoms with Crippen LogP contribution in [-0.4, -0.2) is 45.4 Å². The highest BCUT2D eigenvalue weighted by Gasteiger charge is 2.42. The molecule has 2 aliphatic heterocycles. The Kier molecular flexibility index (Phi) is 5.89. The van der Waals surface area contributed by atoms with E-state index in [-0.39, 0.29) is 13.0 Å². The van der Waals surface area contributed by atoms with Crippen molar-refractivity contribution >= 4 is 11.8 Å². The van der Waals surface area contributed by atoms with Gasteiger partial charge >= 0.3 is 0 Å². The molecule has 176 valence electrons. The number of halogens is 4. The van der Waals surface area contributed by atoms with E-state index in [1.54, 1.807) is 0 Å². The highest BCUT2D eigenvalue weighted by Crippen LogP contribution is 2.35. The van der Waals surface area contributed by atoms with E-state index in [2.05, 4.69) is 5.32 Å². The molecule has 2 aromatic rings. The zero-order valence-corrected chi connectivity index (χ0v) is 17.6. The molecule has 2 atom stereocenters. The van der Waals surface area contributed by atoms with Crippen LogP contribution in [0.4, 0.5) is 17.6 Å². The molecule has 0 radical (unpaired) electrons. The van der Waals surface area contributed by atoms with E-state index in [1.165, 1.54) is 11.5 Å². The third-order valence-electron chi connectivity index (χ3n) is 6.16. The number of rotatable bonds is 4. The van der Waals surface area contributed by atoms with Gasteiger partial charge in [-0.15, -0.1) is 0 Å². The molecule has 2 amide bonds. The van der Waals surface area contributed by atoms with Crippen molar-refractivity contribution in [1.82, 2.24) is 14.8 Å². The summed E-state index contributed by atoms with van der Waals surface area (Å²) in [6.45, 7) is 0.902. The van der Waals surface area contributed by atoms with Gasteiger partial charge in [0.1, 0.15) is 17.2 Å². The van der Waals surface area contributed by atoms with Crippen molar-refractivity contribution in [2.45, 2.75) is 51.2 Å². The Balaban J connectivity index is 1.67. The number of aromatic nitrogens is 1. The molecule has 3 heterocycles.